The van der Waals surface area contributed by atoms with Crippen LogP contribution in [0.2, 0.25) is 0 Å². The van der Waals surface area contributed by atoms with Crippen LogP contribution in [0.15, 0.2) is 52.5 Å². The topological polar surface area (TPSA) is 49.0 Å². The lowest BCUT2D eigenvalue weighted by Gasteiger charge is -2.26. The zero-order valence-corrected chi connectivity index (χ0v) is 17.7. The number of nitrogens with one attached hydrogen (secondary N) is 1. The van der Waals surface area contributed by atoms with Gasteiger partial charge in [-0.1, -0.05) is 36.0 Å². The standard InChI is InChI=1S/C22H25N3OS2/c1-16-17(14-28-22-23-18-9-3-4-10-19(18)24-22)8-7-11-20(16)27-15-21(26)25-12-5-2-6-13-25/h3-4,7-11H,2,5-6,12-15H2,1H3,(H,23,24). The maximum absolute atomic E-state index is 12.5. The van der Waals surface area contributed by atoms with E-state index >= 15 is 0 Å². The molecule has 2 aromatic carbocycles. The van der Waals surface area contributed by atoms with Gasteiger partial charge in [-0.2, -0.15) is 0 Å². The van der Waals surface area contributed by atoms with Gasteiger partial charge in [-0.25, -0.2) is 4.98 Å². The third-order valence-corrected chi connectivity index (χ3v) is 7.25. The second-order valence-electron chi connectivity index (χ2n) is 7.12. The molecule has 0 spiro atoms. The van der Waals surface area contributed by atoms with E-state index in [1.165, 1.54) is 22.4 Å². The SMILES string of the molecule is Cc1c(CSc2nc3ccccc3[nH]2)cccc1SCC(=O)N1CCCCC1. The van der Waals surface area contributed by atoms with Crippen molar-refractivity contribution in [2.45, 2.75) is 42.0 Å². The first-order valence-electron chi connectivity index (χ1n) is 9.77. The van der Waals surface area contributed by atoms with Crippen molar-refractivity contribution >= 4 is 40.5 Å². The minimum atomic E-state index is 0.270. The van der Waals surface area contributed by atoms with Crippen LogP contribution in [0.1, 0.15) is 30.4 Å². The van der Waals surface area contributed by atoms with E-state index < -0.39 is 0 Å². The Morgan fingerprint density at radius 3 is 2.71 bits per heavy atom. The van der Waals surface area contributed by atoms with Crippen molar-refractivity contribution in [3.8, 4) is 0 Å². The summed E-state index contributed by atoms with van der Waals surface area (Å²) in [6.07, 6.45) is 3.54. The van der Waals surface area contributed by atoms with E-state index in [9.17, 15) is 4.79 Å². The first kappa shape index (κ1) is 19.4. The van der Waals surface area contributed by atoms with Crippen LogP contribution < -0.4 is 0 Å². The number of carbonyl (C=O) groups excluding carboxylic acids is 1. The van der Waals surface area contributed by atoms with Gasteiger partial charge in [0.2, 0.25) is 5.91 Å². The molecule has 1 saturated heterocycles. The molecule has 4 rings (SSSR count). The zero-order chi connectivity index (χ0) is 19.3. The Hall–Kier alpha value is -1.92. The molecule has 1 aliphatic rings. The van der Waals surface area contributed by atoms with Crippen molar-refractivity contribution in [1.82, 2.24) is 14.9 Å². The van der Waals surface area contributed by atoms with Crippen LogP contribution in [-0.4, -0.2) is 39.6 Å². The van der Waals surface area contributed by atoms with Gasteiger partial charge in [-0.3, -0.25) is 4.79 Å². The van der Waals surface area contributed by atoms with Gasteiger partial charge in [-0.15, -0.1) is 11.8 Å². The molecular weight excluding hydrogens is 386 g/mol. The Morgan fingerprint density at radius 2 is 1.89 bits per heavy atom. The fourth-order valence-electron chi connectivity index (χ4n) is 3.49. The van der Waals surface area contributed by atoms with E-state index in [-0.39, 0.29) is 5.91 Å². The van der Waals surface area contributed by atoms with Gasteiger partial charge in [0, 0.05) is 23.7 Å². The van der Waals surface area contributed by atoms with Crippen LogP contribution in [0.25, 0.3) is 11.0 Å². The van der Waals surface area contributed by atoms with Gasteiger partial charge in [0.15, 0.2) is 5.16 Å². The fourth-order valence-corrected chi connectivity index (χ4v) is 5.42. The second kappa shape index (κ2) is 9.05. The quantitative estimate of drug-likeness (QED) is 0.562. The summed E-state index contributed by atoms with van der Waals surface area (Å²) in [5.74, 6) is 1.66. The molecule has 0 aliphatic carbocycles. The summed E-state index contributed by atoms with van der Waals surface area (Å²) in [4.78, 5) is 23.7. The van der Waals surface area contributed by atoms with Gasteiger partial charge in [0.05, 0.1) is 16.8 Å². The van der Waals surface area contributed by atoms with E-state index in [1.54, 1.807) is 23.5 Å². The van der Waals surface area contributed by atoms with Crippen molar-refractivity contribution in [2.75, 3.05) is 18.8 Å². The van der Waals surface area contributed by atoms with Crippen LogP contribution in [0.5, 0.6) is 0 Å². The average Bonchev–Trinajstić information content (AvgIpc) is 3.15. The van der Waals surface area contributed by atoms with Gasteiger partial charge in [0.1, 0.15) is 0 Å². The number of fused-ring (bicyclic) bond motifs is 1. The Kier molecular flexibility index (Phi) is 6.27. The summed E-state index contributed by atoms with van der Waals surface area (Å²) in [5.41, 5.74) is 4.63. The number of para-hydroxylation sites is 2. The Balaban J connectivity index is 1.38. The van der Waals surface area contributed by atoms with Crippen molar-refractivity contribution < 1.29 is 4.79 Å². The molecule has 1 N–H and O–H groups in total. The number of aromatic nitrogens is 2. The largest absolute Gasteiger partial charge is 0.342 e. The van der Waals surface area contributed by atoms with Gasteiger partial charge < -0.3 is 9.88 Å². The first-order valence-corrected chi connectivity index (χ1v) is 11.7. The number of hydrogen-bond acceptors (Lipinski definition) is 4. The summed E-state index contributed by atoms with van der Waals surface area (Å²) < 4.78 is 0. The predicted molar refractivity (Wildman–Crippen MR) is 118 cm³/mol. The summed E-state index contributed by atoms with van der Waals surface area (Å²) in [5, 5.41) is 0.943. The Morgan fingerprint density at radius 1 is 1.07 bits per heavy atom. The van der Waals surface area contributed by atoms with Gasteiger partial charge in [0.25, 0.3) is 0 Å². The number of thioether (sulfide) groups is 2. The van der Waals surface area contributed by atoms with Crippen LogP contribution in [0, 0.1) is 6.92 Å². The van der Waals surface area contributed by atoms with Crippen LogP contribution in [0.4, 0.5) is 0 Å². The number of amides is 1. The number of carbonyl (C=O) groups is 1. The molecule has 0 bridgehead atoms. The summed E-state index contributed by atoms with van der Waals surface area (Å²) in [6, 6.07) is 14.5. The van der Waals surface area contributed by atoms with E-state index in [4.69, 9.17) is 0 Å². The lowest BCUT2D eigenvalue weighted by molar-refractivity contribution is -0.129. The number of benzene rings is 2. The lowest BCUT2D eigenvalue weighted by Crippen LogP contribution is -2.36. The highest BCUT2D eigenvalue weighted by molar-refractivity contribution is 8.00. The normalized spacial score (nSPS) is 14.5. The van der Waals surface area contributed by atoms with E-state index in [0.717, 1.165) is 47.9 Å². The van der Waals surface area contributed by atoms with Gasteiger partial charge in [-0.05, 0) is 55.5 Å². The lowest BCUT2D eigenvalue weighted by atomic mass is 10.1. The molecule has 0 radical (unpaired) electrons. The molecular formula is C22H25N3OS2. The maximum Gasteiger partial charge on any atom is 0.232 e. The molecule has 0 saturated carbocycles. The number of H-pyrrole nitrogens is 1. The first-order chi connectivity index (χ1) is 13.7. The number of piperidine rings is 1. The highest BCUT2D eigenvalue weighted by Crippen LogP contribution is 2.30. The van der Waals surface area contributed by atoms with Crippen LogP contribution >= 0.6 is 23.5 Å². The number of imidazole rings is 1. The van der Waals surface area contributed by atoms with Crippen molar-refractivity contribution in [3.63, 3.8) is 0 Å². The number of likely N-dealkylation sites (tertiary alicyclic amines) is 1. The van der Waals surface area contributed by atoms with E-state index in [1.807, 2.05) is 29.2 Å². The van der Waals surface area contributed by atoms with Crippen molar-refractivity contribution in [3.05, 3.63) is 53.6 Å². The third kappa shape index (κ3) is 4.55. The second-order valence-corrected chi connectivity index (χ2v) is 9.10. The molecule has 1 fully saturated rings. The highest BCUT2D eigenvalue weighted by Gasteiger charge is 2.17. The molecule has 0 atom stereocenters. The Bertz CT molecular complexity index is 930. The molecule has 146 valence electrons. The fraction of sp³-hybridized carbons (Fsp3) is 0.364. The molecule has 2 heterocycles. The molecule has 4 nitrogen and oxygen atoms in total. The number of aromatic amines is 1. The van der Waals surface area contributed by atoms with E-state index in [2.05, 4.69) is 35.1 Å². The predicted octanol–water partition coefficient (Wildman–Crippen LogP) is 5.27. The van der Waals surface area contributed by atoms with Crippen LogP contribution in [0.3, 0.4) is 0 Å². The maximum atomic E-state index is 12.5. The Labute approximate surface area is 174 Å². The molecule has 0 unspecified atom stereocenters. The summed E-state index contributed by atoms with van der Waals surface area (Å²) in [6.45, 7) is 4.00. The summed E-state index contributed by atoms with van der Waals surface area (Å²) in [7, 11) is 0. The van der Waals surface area contributed by atoms with E-state index in [0.29, 0.717) is 5.75 Å². The third-order valence-electron chi connectivity index (χ3n) is 5.19. The molecule has 28 heavy (non-hydrogen) atoms. The molecule has 1 aliphatic heterocycles. The molecule has 3 aromatic rings. The van der Waals surface area contributed by atoms with Crippen molar-refractivity contribution in [2.24, 2.45) is 0 Å². The average molecular weight is 412 g/mol. The molecule has 1 aromatic heterocycles. The molecule has 6 heteroatoms. The van der Waals surface area contributed by atoms with Gasteiger partial charge >= 0.3 is 0 Å². The monoisotopic (exact) mass is 411 g/mol. The minimum Gasteiger partial charge on any atom is -0.342 e. The number of nitrogens with zero attached hydrogens (tertiary/aromatic N) is 2. The molecule has 1 amide bonds. The summed E-state index contributed by atoms with van der Waals surface area (Å²) >= 11 is 3.38. The minimum absolute atomic E-state index is 0.270. The highest BCUT2D eigenvalue weighted by atomic mass is 32.2. The number of hydrogen-bond donors (Lipinski definition) is 1. The number of rotatable bonds is 6. The smallest absolute Gasteiger partial charge is 0.232 e. The van der Waals surface area contributed by atoms with Crippen molar-refractivity contribution in [1.29, 1.82) is 0 Å². The zero-order valence-electron chi connectivity index (χ0n) is 16.1. The van der Waals surface area contributed by atoms with Crippen LogP contribution in [-0.2, 0) is 10.5 Å².